The lowest BCUT2D eigenvalue weighted by atomic mass is 9.93. The first-order chi connectivity index (χ1) is 9.33. The highest BCUT2D eigenvalue weighted by Crippen LogP contribution is 2.24. The monoisotopic (exact) mass is 292 g/mol. The van der Waals surface area contributed by atoms with Gasteiger partial charge in [-0.15, -0.1) is 12.3 Å². The van der Waals surface area contributed by atoms with Crippen molar-refractivity contribution in [2.24, 2.45) is 0 Å². The van der Waals surface area contributed by atoms with Gasteiger partial charge in [0, 0.05) is 11.4 Å². The summed E-state index contributed by atoms with van der Waals surface area (Å²) in [6.45, 7) is 8.15. The molecule has 0 fully saturated rings. The lowest BCUT2D eigenvalue weighted by Crippen LogP contribution is -2.19. The number of halogens is 1. The van der Waals surface area contributed by atoms with Gasteiger partial charge < -0.3 is 5.11 Å². The summed E-state index contributed by atoms with van der Waals surface area (Å²) in [5.74, 6) is 2.44. The van der Waals surface area contributed by atoms with E-state index in [0.29, 0.717) is 11.4 Å². The van der Waals surface area contributed by atoms with Gasteiger partial charge in [0.1, 0.15) is 0 Å². The lowest BCUT2D eigenvalue weighted by molar-refractivity contribution is 0.0629. The average molecular weight is 293 g/mol. The van der Waals surface area contributed by atoms with E-state index >= 15 is 0 Å². The van der Waals surface area contributed by atoms with E-state index in [4.69, 9.17) is 18.0 Å². The topological polar surface area (TPSA) is 20.2 Å². The summed E-state index contributed by atoms with van der Waals surface area (Å²) >= 11 is 5.72. The summed E-state index contributed by atoms with van der Waals surface area (Å²) < 4.78 is 0. The Morgan fingerprint density at radius 1 is 1.35 bits per heavy atom. The molecule has 0 saturated carbocycles. The second kappa shape index (κ2) is 9.64. The maximum Gasteiger partial charge on any atom is 0.0977 e. The molecular weight excluding hydrogens is 268 g/mol. The highest BCUT2D eigenvalue weighted by Gasteiger charge is 2.21. The van der Waals surface area contributed by atoms with E-state index in [1.165, 1.54) is 18.4 Å². The van der Waals surface area contributed by atoms with Crippen molar-refractivity contribution in [2.75, 3.05) is 0 Å². The maximum atomic E-state index is 9.89. The minimum absolute atomic E-state index is 0.300. The fourth-order valence-corrected chi connectivity index (χ4v) is 1.67. The number of unbranched alkanes of at least 4 members (excludes halogenated alkanes) is 1. The summed E-state index contributed by atoms with van der Waals surface area (Å²) in [4.78, 5) is 0. The summed E-state index contributed by atoms with van der Waals surface area (Å²) in [6.07, 6.45) is 10.2. The Morgan fingerprint density at radius 2 is 1.90 bits per heavy atom. The van der Waals surface area contributed by atoms with Crippen molar-refractivity contribution in [1.29, 1.82) is 0 Å². The Kier molecular flexibility index (Phi) is 9.05. The molecule has 0 aliphatic rings. The Labute approximate surface area is 128 Å². The van der Waals surface area contributed by atoms with Crippen molar-refractivity contribution in [1.82, 2.24) is 0 Å². The second-order valence-electron chi connectivity index (χ2n) is 5.23. The van der Waals surface area contributed by atoms with Gasteiger partial charge in [-0.05, 0) is 44.9 Å². The van der Waals surface area contributed by atoms with Crippen LogP contribution in [0.25, 0.3) is 0 Å². The Morgan fingerprint density at radius 3 is 2.25 bits per heavy atom. The third kappa shape index (κ3) is 8.04. The molecule has 1 N–H and O–H groups in total. The molecule has 0 amide bonds. The molecule has 2 heteroatoms. The second-order valence-corrected chi connectivity index (χ2v) is 5.67. The van der Waals surface area contributed by atoms with Gasteiger partial charge >= 0.3 is 0 Å². The predicted octanol–water partition coefficient (Wildman–Crippen LogP) is 5.32. The number of aliphatic hydroxyl groups is 1. The van der Waals surface area contributed by atoms with Gasteiger partial charge in [-0.25, -0.2) is 0 Å². The van der Waals surface area contributed by atoms with Crippen molar-refractivity contribution >= 4 is 11.6 Å². The summed E-state index contributed by atoms with van der Waals surface area (Å²) in [6, 6.07) is 7.03. The summed E-state index contributed by atoms with van der Waals surface area (Å²) in [5, 5.41) is 10.5. The lowest BCUT2D eigenvalue weighted by Gasteiger charge is -2.20. The van der Waals surface area contributed by atoms with E-state index in [0.717, 1.165) is 5.56 Å². The fraction of sp³-hybridized carbons (Fsp3) is 0.444. The standard InChI is InChI=1S/C11H11ClO.C7H14/c1-3-8-11(2,13)9-4-6-10(12)7-5-9;1-4-5-6-7(2)3/h1,4-7,13H,8H2,2H3;6H,4-5H2,1-3H3. The van der Waals surface area contributed by atoms with E-state index in [-0.39, 0.29) is 0 Å². The molecule has 1 rings (SSSR count). The Balaban J connectivity index is 0.000000441. The number of benzene rings is 1. The van der Waals surface area contributed by atoms with Gasteiger partial charge in [0.25, 0.3) is 0 Å². The molecule has 0 saturated heterocycles. The number of hydrogen-bond donors (Lipinski definition) is 1. The van der Waals surface area contributed by atoms with Gasteiger partial charge in [0.2, 0.25) is 0 Å². The first-order valence-corrected chi connectivity index (χ1v) is 7.26. The maximum absolute atomic E-state index is 9.89. The smallest absolute Gasteiger partial charge is 0.0977 e. The molecule has 0 aliphatic heterocycles. The number of rotatable bonds is 4. The van der Waals surface area contributed by atoms with Crippen LogP contribution in [0.5, 0.6) is 0 Å². The molecule has 0 spiro atoms. The highest BCUT2D eigenvalue weighted by molar-refractivity contribution is 6.30. The van der Waals surface area contributed by atoms with Crippen LogP contribution in [-0.2, 0) is 5.60 Å². The van der Waals surface area contributed by atoms with Crippen LogP contribution < -0.4 is 0 Å². The molecule has 1 aromatic carbocycles. The Bertz CT molecular complexity index is 445. The van der Waals surface area contributed by atoms with Gasteiger partial charge in [0.15, 0.2) is 0 Å². The van der Waals surface area contributed by atoms with Crippen molar-refractivity contribution in [3.8, 4) is 12.3 Å². The molecule has 20 heavy (non-hydrogen) atoms. The van der Waals surface area contributed by atoms with Crippen LogP contribution in [0.1, 0.15) is 52.5 Å². The molecule has 110 valence electrons. The SMILES string of the molecule is C#CCC(C)(O)c1ccc(Cl)cc1.CCCC=C(C)C. The van der Waals surface area contributed by atoms with Crippen molar-refractivity contribution in [3.63, 3.8) is 0 Å². The summed E-state index contributed by atoms with van der Waals surface area (Å²) in [7, 11) is 0. The fourth-order valence-electron chi connectivity index (χ4n) is 1.54. The highest BCUT2D eigenvalue weighted by atomic mass is 35.5. The first kappa shape index (κ1) is 18.8. The molecule has 1 nitrogen and oxygen atoms in total. The predicted molar refractivity (Wildman–Crippen MR) is 88.8 cm³/mol. The molecule has 0 aliphatic carbocycles. The molecule has 1 atom stereocenters. The molecule has 0 bridgehead atoms. The van der Waals surface area contributed by atoms with E-state index < -0.39 is 5.60 Å². The van der Waals surface area contributed by atoms with Gasteiger partial charge in [-0.1, -0.05) is 48.7 Å². The van der Waals surface area contributed by atoms with Gasteiger partial charge in [-0.3, -0.25) is 0 Å². The average Bonchev–Trinajstić information content (AvgIpc) is 2.37. The van der Waals surface area contributed by atoms with Crippen LogP contribution in [0.4, 0.5) is 0 Å². The minimum Gasteiger partial charge on any atom is -0.384 e. The van der Waals surface area contributed by atoms with Crippen LogP contribution in [0, 0.1) is 12.3 Å². The van der Waals surface area contributed by atoms with E-state index in [1.807, 2.05) is 0 Å². The zero-order chi connectivity index (χ0) is 15.6. The largest absolute Gasteiger partial charge is 0.384 e. The van der Waals surface area contributed by atoms with Gasteiger partial charge in [-0.2, -0.15) is 0 Å². The first-order valence-electron chi connectivity index (χ1n) is 6.88. The quantitative estimate of drug-likeness (QED) is 0.588. The third-order valence-corrected chi connectivity index (χ3v) is 3.01. The van der Waals surface area contributed by atoms with Crippen molar-refractivity contribution in [3.05, 3.63) is 46.5 Å². The van der Waals surface area contributed by atoms with Crippen LogP contribution in [0.2, 0.25) is 5.02 Å². The van der Waals surface area contributed by atoms with Crippen LogP contribution >= 0.6 is 11.6 Å². The summed E-state index contributed by atoms with van der Waals surface area (Å²) in [5.41, 5.74) is 1.26. The van der Waals surface area contributed by atoms with E-state index in [9.17, 15) is 5.11 Å². The molecule has 0 heterocycles. The number of terminal acetylenes is 1. The van der Waals surface area contributed by atoms with Crippen LogP contribution in [0.15, 0.2) is 35.9 Å². The molecular formula is C18H25ClO. The van der Waals surface area contributed by atoms with Crippen molar-refractivity contribution < 1.29 is 5.11 Å². The normalized spacial score (nSPS) is 12.4. The third-order valence-electron chi connectivity index (χ3n) is 2.75. The van der Waals surface area contributed by atoms with E-state index in [2.05, 4.69) is 32.8 Å². The van der Waals surface area contributed by atoms with Crippen molar-refractivity contribution in [2.45, 2.75) is 52.6 Å². The zero-order valence-corrected chi connectivity index (χ0v) is 13.7. The van der Waals surface area contributed by atoms with Gasteiger partial charge in [0.05, 0.1) is 5.60 Å². The van der Waals surface area contributed by atoms with Crippen LogP contribution in [-0.4, -0.2) is 5.11 Å². The molecule has 0 radical (unpaired) electrons. The number of allylic oxidation sites excluding steroid dienone is 2. The van der Waals surface area contributed by atoms with Crippen LogP contribution in [0.3, 0.4) is 0 Å². The molecule has 0 aromatic heterocycles. The molecule has 1 aromatic rings. The Hall–Kier alpha value is -1.23. The van der Waals surface area contributed by atoms with E-state index in [1.54, 1.807) is 31.2 Å². The molecule has 1 unspecified atom stereocenters. The number of hydrogen-bond acceptors (Lipinski definition) is 1. The zero-order valence-electron chi connectivity index (χ0n) is 12.9. The minimum atomic E-state index is -0.959.